The quantitative estimate of drug-likeness (QED) is 0.687. The molecule has 0 amide bonds. The molecule has 21 heavy (non-hydrogen) atoms. The van der Waals surface area contributed by atoms with E-state index < -0.39 is 0 Å². The van der Waals surface area contributed by atoms with Gasteiger partial charge in [-0.1, -0.05) is 0 Å². The lowest BCUT2D eigenvalue weighted by Gasteiger charge is -2.21. The van der Waals surface area contributed by atoms with Gasteiger partial charge in [0.05, 0.1) is 16.0 Å². The predicted octanol–water partition coefficient (Wildman–Crippen LogP) is 3.40. The van der Waals surface area contributed by atoms with Gasteiger partial charge in [0, 0.05) is 41.3 Å². The molecule has 1 unspecified atom stereocenters. The molecular weight excluding hydrogens is 306 g/mol. The number of non-ortho nitro benzene ring substituents is 1. The van der Waals surface area contributed by atoms with Crippen molar-refractivity contribution in [2.24, 2.45) is 0 Å². The van der Waals surface area contributed by atoms with E-state index in [-0.39, 0.29) is 10.6 Å². The summed E-state index contributed by atoms with van der Waals surface area (Å²) in [7, 11) is 0. The maximum Gasteiger partial charge on any atom is 0.278 e. The van der Waals surface area contributed by atoms with E-state index in [2.05, 4.69) is 10.3 Å². The van der Waals surface area contributed by atoms with E-state index in [4.69, 9.17) is 0 Å². The van der Waals surface area contributed by atoms with Crippen molar-refractivity contribution < 1.29 is 4.92 Å². The highest BCUT2D eigenvalue weighted by molar-refractivity contribution is 8.06. The third-order valence-electron chi connectivity index (χ3n) is 3.35. The van der Waals surface area contributed by atoms with Crippen molar-refractivity contribution >= 4 is 45.8 Å². The number of nitro groups is 1. The fourth-order valence-electron chi connectivity index (χ4n) is 2.34. The molecule has 0 radical (unpaired) electrons. The average molecular weight is 321 g/mol. The second kappa shape index (κ2) is 6.53. The van der Waals surface area contributed by atoms with Gasteiger partial charge in [0.15, 0.2) is 0 Å². The van der Waals surface area contributed by atoms with Gasteiger partial charge in [0.2, 0.25) is 0 Å². The number of nitro benzene ring substituents is 1. The fraction of sp³-hybridized carbons (Fsp3) is 0.357. The molecule has 2 heterocycles. The zero-order chi connectivity index (χ0) is 14.7. The van der Waals surface area contributed by atoms with Crippen molar-refractivity contribution in [1.29, 1.82) is 0 Å². The third kappa shape index (κ3) is 3.24. The van der Waals surface area contributed by atoms with Crippen molar-refractivity contribution in [1.82, 2.24) is 4.98 Å². The van der Waals surface area contributed by atoms with Crippen LogP contribution in [0.3, 0.4) is 0 Å². The Labute approximate surface area is 131 Å². The standard InChI is InChI=1S/C14H15N3O2S2/c18-17(19)13-4-3-12(14-11(13)2-1-5-15-14)16-8-10-9-20-6-7-21-10/h1-5,10,16H,6-9H2. The molecule has 3 rings (SSSR count). The SMILES string of the molecule is O=[N+]([O-])c1ccc(NCC2CSCCS2)c2ncccc12. The summed E-state index contributed by atoms with van der Waals surface area (Å²) in [4.78, 5) is 15.0. The molecule has 0 bridgehead atoms. The summed E-state index contributed by atoms with van der Waals surface area (Å²) in [6.07, 6.45) is 1.67. The Balaban J connectivity index is 1.85. The van der Waals surface area contributed by atoms with Gasteiger partial charge in [0.1, 0.15) is 5.52 Å². The molecule has 1 aromatic heterocycles. The zero-order valence-corrected chi connectivity index (χ0v) is 13.0. The number of nitrogens with one attached hydrogen (secondary N) is 1. The molecule has 1 N–H and O–H groups in total. The monoisotopic (exact) mass is 321 g/mol. The van der Waals surface area contributed by atoms with Crippen LogP contribution in [0.5, 0.6) is 0 Å². The third-order valence-corrected chi connectivity index (χ3v) is 6.19. The molecule has 1 aliphatic heterocycles. The fourth-order valence-corrected chi connectivity index (χ4v) is 4.95. The lowest BCUT2D eigenvalue weighted by molar-refractivity contribution is -0.383. The maximum atomic E-state index is 11.1. The first-order chi connectivity index (χ1) is 10.3. The smallest absolute Gasteiger partial charge is 0.278 e. The maximum absolute atomic E-state index is 11.1. The summed E-state index contributed by atoms with van der Waals surface area (Å²) in [5.74, 6) is 3.56. The van der Waals surface area contributed by atoms with Gasteiger partial charge in [-0.25, -0.2) is 0 Å². The molecule has 1 saturated heterocycles. The second-order valence-electron chi connectivity index (χ2n) is 4.74. The Bertz CT molecular complexity index is 660. The van der Waals surface area contributed by atoms with Crippen molar-refractivity contribution in [2.45, 2.75) is 5.25 Å². The molecule has 0 saturated carbocycles. The van der Waals surface area contributed by atoms with E-state index in [1.807, 2.05) is 23.5 Å². The minimum Gasteiger partial charge on any atom is -0.382 e. The van der Waals surface area contributed by atoms with E-state index >= 15 is 0 Å². The Morgan fingerprint density at radius 3 is 3.05 bits per heavy atom. The summed E-state index contributed by atoms with van der Waals surface area (Å²) in [5.41, 5.74) is 1.64. The number of thioether (sulfide) groups is 2. The van der Waals surface area contributed by atoms with Gasteiger partial charge in [-0.15, -0.1) is 0 Å². The van der Waals surface area contributed by atoms with E-state index in [9.17, 15) is 10.1 Å². The number of benzene rings is 1. The number of anilines is 1. The highest BCUT2D eigenvalue weighted by Crippen LogP contribution is 2.30. The predicted molar refractivity (Wildman–Crippen MR) is 90.5 cm³/mol. The molecule has 0 aliphatic carbocycles. The number of fused-ring (bicyclic) bond motifs is 1. The van der Waals surface area contributed by atoms with E-state index in [1.54, 1.807) is 30.5 Å². The van der Waals surface area contributed by atoms with Crippen LogP contribution < -0.4 is 5.32 Å². The van der Waals surface area contributed by atoms with Gasteiger partial charge >= 0.3 is 0 Å². The number of hydrogen-bond acceptors (Lipinski definition) is 6. The second-order valence-corrected chi connectivity index (χ2v) is 7.30. The molecule has 2 aromatic rings. The van der Waals surface area contributed by atoms with Crippen LogP contribution in [0, 0.1) is 10.1 Å². The molecule has 1 atom stereocenters. The van der Waals surface area contributed by atoms with Gasteiger partial charge < -0.3 is 5.32 Å². The zero-order valence-electron chi connectivity index (χ0n) is 11.3. The van der Waals surface area contributed by atoms with Crippen LogP contribution in [0.1, 0.15) is 0 Å². The van der Waals surface area contributed by atoms with Crippen molar-refractivity contribution in [2.75, 3.05) is 29.1 Å². The van der Waals surface area contributed by atoms with E-state index in [1.165, 1.54) is 11.5 Å². The summed E-state index contributed by atoms with van der Waals surface area (Å²) in [6.45, 7) is 0.862. The van der Waals surface area contributed by atoms with Crippen LogP contribution in [0.15, 0.2) is 30.5 Å². The Hall–Kier alpha value is -1.47. The van der Waals surface area contributed by atoms with Gasteiger partial charge in [0.25, 0.3) is 5.69 Å². The molecule has 1 aliphatic rings. The average Bonchev–Trinajstić information content (AvgIpc) is 2.53. The summed E-state index contributed by atoms with van der Waals surface area (Å²) in [6, 6.07) is 6.78. The highest BCUT2D eigenvalue weighted by atomic mass is 32.2. The summed E-state index contributed by atoms with van der Waals surface area (Å²) >= 11 is 3.97. The molecule has 5 nitrogen and oxygen atoms in total. The minimum absolute atomic E-state index is 0.103. The Morgan fingerprint density at radius 1 is 1.38 bits per heavy atom. The van der Waals surface area contributed by atoms with Crippen LogP contribution >= 0.6 is 23.5 Å². The first kappa shape index (κ1) is 14.5. The van der Waals surface area contributed by atoms with Crippen LogP contribution in [0.2, 0.25) is 0 Å². The van der Waals surface area contributed by atoms with Crippen molar-refractivity contribution in [3.05, 3.63) is 40.6 Å². The molecule has 110 valence electrons. The number of aromatic nitrogens is 1. The first-order valence-electron chi connectivity index (χ1n) is 6.71. The topological polar surface area (TPSA) is 68.1 Å². The molecule has 1 aromatic carbocycles. The molecule has 0 spiro atoms. The number of nitrogens with zero attached hydrogens (tertiary/aromatic N) is 2. The summed E-state index contributed by atoms with van der Waals surface area (Å²) in [5, 5.41) is 15.6. The Morgan fingerprint density at radius 2 is 2.29 bits per heavy atom. The van der Waals surface area contributed by atoms with Gasteiger partial charge in [-0.3, -0.25) is 15.1 Å². The lowest BCUT2D eigenvalue weighted by Crippen LogP contribution is -2.23. The molecular formula is C14H15N3O2S2. The largest absolute Gasteiger partial charge is 0.382 e. The summed E-state index contributed by atoms with van der Waals surface area (Å²) < 4.78 is 0. The van der Waals surface area contributed by atoms with Crippen molar-refractivity contribution in [3.63, 3.8) is 0 Å². The lowest BCUT2D eigenvalue weighted by atomic mass is 10.1. The first-order valence-corrected chi connectivity index (χ1v) is 8.91. The van der Waals surface area contributed by atoms with Crippen LogP contribution in [0.25, 0.3) is 10.9 Å². The van der Waals surface area contributed by atoms with E-state index in [0.29, 0.717) is 16.2 Å². The number of pyridine rings is 1. The normalized spacial score (nSPS) is 18.6. The number of hydrogen-bond donors (Lipinski definition) is 1. The number of rotatable bonds is 4. The van der Waals surface area contributed by atoms with Gasteiger partial charge in [-0.05, 0) is 18.2 Å². The molecule has 7 heteroatoms. The van der Waals surface area contributed by atoms with Crippen LogP contribution in [0.4, 0.5) is 11.4 Å². The van der Waals surface area contributed by atoms with Crippen LogP contribution in [-0.4, -0.2) is 39.0 Å². The minimum atomic E-state index is -0.360. The van der Waals surface area contributed by atoms with Crippen molar-refractivity contribution in [3.8, 4) is 0 Å². The van der Waals surface area contributed by atoms with Gasteiger partial charge in [-0.2, -0.15) is 23.5 Å². The molecule has 1 fully saturated rings. The highest BCUT2D eigenvalue weighted by Gasteiger charge is 2.17. The van der Waals surface area contributed by atoms with Crippen LogP contribution in [-0.2, 0) is 0 Å². The van der Waals surface area contributed by atoms with E-state index in [0.717, 1.165) is 18.0 Å². The Kier molecular flexibility index (Phi) is 4.50.